The number of aromatic nitrogens is 1. The molecule has 1 saturated heterocycles. The highest BCUT2D eigenvalue weighted by Crippen LogP contribution is 2.35. The van der Waals surface area contributed by atoms with Crippen LogP contribution in [0.1, 0.15) is 28.5 Å². The highest BCUT2D eigenvalue weighted by Gasteiger charge is 2.38. The van der Waals surface area contributed by atoms with Gasteiger partial charge in [0.15, 0.2) is 0 Å². The molecule has 2 heterocycles. The van der Waals surface area contributed by atoms with Gasteiger partial charge in [0.2, 0.25) is 10.0 Å². The fourth-order valence-electron chi connectivity index (χ4n) is 5.57. The third-order valence-electron chi connectivity index (χ3n) is 8.03. The lowest BCUT2D eigenvalue weighted by Gasteiger charge is -2.37. The fraction of sp³-hybridized carbons (Fsp3) is 0.194. The van der Waals surface area contributed by atoms with Gasteiger partial charge in [0.25, 0.3) is 10.0 Å². The van der Waals surface area contributed by atoms with Crippen molar-refractivity contribution in [2.75, 3.05) is 13.2 Å². The van der Waals surface area contributed by atoms with Gasteiger partial charge in [-0.1, -0.05) is 87.7 Å². The molecule has 7 nitrogen and oxygen atoms in total. The summed E-state index contributed by atoms with van der Waals surface area (Å²) >= 11 is 3.61. The summed E-state index contributed by atoms with van der Waals surface area (Å²) in [6.07, 6.45) is 4.99. The first-order valence-corrected chi connectivity index (χ1v) is 18.5. The van der Waals surface area contributed by atoms with Gasteiger partial charge in [0.05, 0.1) is 21.9 Å². The van der Waals surface area contributed by atoms with Gasteiger partial charge in [-0.15, -0.1) is 5.73 Å². The van der Waals surface area contributed by atoms with E-state index in [1.165, 1.54) is 8.28 Å². The monoisotopic (exact) mass is 716 g/mol. The van der Waals surface area contributed by atoms with Crippen LogP contribution in [0.25, 0.3) is 10.9 Å². The Bertz CT molecular complexity index is 2150. The summed E-state index contributed by atoms with van der Waals surface area (Å²) in [4.78, 5) is 0.429. The van der Waals surface area contributed by atoms with E-state index >= 15 is 0 Å². The molecule has 0 unspecified atom stereocenters. The predicted octanol–water partition coefficient (Wildman–Crippen LogP) is 7.55. The number of halogens is 1. The molecule has 6 rings (SSSR count). The number of sulfonamides is 1. The normalized spacial score (nSPS) is 17.5. The van der Waals surface area contributed by atoms with E-state index in [4.69, 9.17) is 4.74 Å². The van der Waals surface area contributed by atoms with E-state index in [1.807, 2.05) is 68.5 Å². The van der Waals surface area contributed by atoms with Crippen molar-refractivity contribution in [3.05, 3.63) is 148 Å². The van der Waals surface area contributed by atoms with Gasteiger partial charge in [0, 0.05) is 34.9 Å². The molecule has 1 aliphatic heterocycles. The van der Waals surface area contributed by atoms with Crippen LogP contribution in [0.3, 0.4) is 0 Å². The Kier molecular flexibility index (Phi) is 9.21. The number of fused-ring (bicyclic) bond motifs is 1. The second-order valence-corrected chi connectivity index (χ2v) is 15.9. The van der Waals surface area contributed by atoms with Gasteiger partial charge in [-0.25, -0.2) is 20.8 Å². The standard InChI is InChI=1S/C36H33BrN2O5S2/c1-26-15-19-31(20-16-26)45(40,41)38-24-30(35-33(37)13-8-14-34(35)38)12-7-6-9-28-23-39(36(44-25-28)29-10-4-3-5-11-29)46(42,43)32-21-17-27(2)18-22-32/h3-5,7-11,13-22,24,28,36H,12,23,25H2,1-2H3/t6?,28-,36+/m0/s1. The number of benzene rings is 4. The van der Waals surface area contributed by atoms with Crippen LogP contribution in [0, 0.1) is 19.8 Å². The van der Waals surface area contributed by atoms with Gasteiger partial charge >= 0.3 is 0 Å². The van der Waals surface area contributed by atoms with Crippen LogP contribution in [-0.4, -0.2) is 38.3 Å². The van der Waals surface area contributed by atoms with E-state index < -0.39 is 26.3 Å². The maximum absolute atomic E-state index is 13.8. The minimum absolute atomic E-state index is 0.213. The molecule has 4 aromatic carbocycles. The Labute approximate surface area is 278 Å². The van der Waals surface area contributed by atoms with E-state index in [9.17, 15) is 16.8 Å². The Balaban J connectivity index is 1.28. The van der Waals surface area contributed by atoms with Crippen molar-refractivity contribution in [1.29, 1.82) is 0 Å². The van der Waals surface area contributed by atoms with Crippen molar-refractivity contribution in [2.45, 2.75) is 36.3 Å². The Morgan fingerprint density at radius 2 is 1.46 bits per heavy atom. The van der Waals surface area contributed by atoms with Crippen molar-refractivity contribution < 1.29 is 21.6 Å². The molecule has 1 aliphatic rings. The lowest BCUT2D eigenvalue weighted by molar-refractivity contribution is -0.0735. The Morgan fingerprint density at radius 3 is 2.11 bits per heavy atom. The van der Waals surface area contributed by atoms with Crippen molar-refractivity contribution in [3.63, 3.8) is 0 Å². The third-order valence-corrected chi connectivity index (χ3v) is 12.2. The molecule has 0 bridgehead atoms. The van der Waals surface area contributed by atoms with E-state index in [1.54, 1.807) is 60.8 Å². The molecule has 46 heavy (non-hydrogen) atoms. The second-order valence-electron chi connectivity index (χ2n) is 11.4. The molecule has 2 atom stereocenters. The largest absolute Gasteiger partial charge is 0.357 e. The topological polar surface area (TPSA) is 85.7 Å². The number of rotatable bonds is 8. The SMILES string of the molecule is Cc1ccc(S(=O)(=O)N2C[C@H](C=C=CCc3cn(S(=O)(=O)c4ccc(C)cc4)c4cccc(Br)c34)CO[C@@H]2c2ccccc2)cc1. The number of nitrogens with zero attached hydrogens (tertiary/aromatic N) is 2. The summed E-state index contributed by atoms with van der Waals surface area (Å²) in [6, 6.07) is 28.5. The Morgan fingerprint density at radius 1 is 0.826 bits per heavy atom. The molecule has 236 valence electrons. The van der Waals surface area contributed by atoms with Crippen LogP contribution in [0.5, 0.6) is 0 Å². The molecular formula is C36H33BrN2O5S2. The minimum Gasteiger partial charge on any atom is -0.357 e. The van der Waals surface area contributed by atoms with Gasteiger partial charge in [-0.2, -0.15) is 4.31 Å². The molecule has 0 amide bonds. The maximum Gasteiger partial charge on any atom is 0.268 e. The van der Waals surface area contributed by atoms with Gasteiger partial charge in [-0.3, -0.25) is 0 Å². The summed E-state index contributed by atoms with van der Waals surface area (Å²) in [5, 5.41) is 0.804. The number of hydrogen-bond acceptors (Lipinski definition) is 5. The highest BCUT2D eigenvalue weighted by molar-refractivity contribution is 9.10. The van der Waals surface area contributed by atoms with Crippen LogP contribution in [0.2, 0.25) is 0 Å². The summed E-state index contributed by atoms with van der Waals surface area (Å²) in [5.41, 5.74) is 7.32. The van der Waals surface area contributed by atoms with E-state index in [-0.39, 0.29) is 22.3 Å². The average Bonchev–Trinajstić information content (AvgIpc) is 3.44. The quantitative estimate of drug-likeness (QED) is 0.155. The summed E-state index contributed by atoms with van der Waals surface area (Å²) < 4.78 is 64.7. The number of aryl methyl sites for hydroxylation is 2. The molecule has 1 aromatic heterocycles. The molecule has 0 aliphatic carbocycles. The van der Waals surface area contributed by atoms with Crippen molar-refractivity contribution >= 4 is 46.9 Å². The van der Waals surface area contributed by atoms with Crippen molar-refractivity contribution in [3.8, 4) is 0 Å². The van der Waals surface area contributed by atoms with E-state index in [2.05, 4.69) is 21.7 Å². The van der Waals surface area contributed by atoms with Crippen LogP contribution in [0.15, 0.2) is 135 Å². The predicted molar refractivity (Wildman–Crippen MR) is 183 cm³/mol. The first-order chi connectivity index (χ1) is 22.1. The zero-order valence-electron chi connectivity index (χ0n) is 25.4. The first kappa shape index (κ1) is 32.2. The van der Waals surface area contributed by atoms with Gasteiger partial charge in [-0.05, 0) is 73.5 Å². The van der Waals surface area contributed by atoms with Gasteiger partial charge in [0.1, 0.15) is 6.23 Å². The molecule has 0 radical (unpaired) electrons. The van der Waals surface area contributed by atoms with E-state index in [0.717, 1.165) is 32.1 Å². The molecule has 1 fully saturated rings. The van der Waals surface area contributed by atoms with Crippen LogP contribution in [-0.2, 0) is 31.2 Å². The molecule has 0 N–H and O–H groups in total. The van der Waals surface area contributed by atoms with E-state index in [0.29, 0.717) is 18.5 Å². The Hall–Kier alpha value is -3.76. The summed E-state index contributed by atoms with van der Waals surface area (Å²) in [5.74, 6) is -0.244. The average molecular weight is 718 g/mol. The summed E-state index contributed by atoms with van der Waals surface area (Å²) in [7, 11) is -7.69. The molecule has 0 spiro atoms. The molecular weight excluding hydrogens is 684 g/mol. The van der Waals surface area contributed by atoms with Crippen LogP contribution < -0.4 is 0 Å². The highest BCUT2D eigenvalue weighted by atomic mass is 79.9. The zero-order valence-corrected chi connectivity index (χ0v) is 28.6. The third kappa shape index (κ3) is 6.42. The molecule has 10 heteroatoms. The lowest BCUT2D eigenvalue weighted by Crippen LogP contribution is -2.44. The van der Waals surface area contributed by atoms with Crippen LogP contribution in [0.4, 0.5) is 0 Å². The maximum atomic E-state index is 13.8. The first-order valence-electron chi connectivity index (χ1n) is 14.8. The number of ether oxygens (including phenoxy) is 1. The smallest absolute Gasteiger partial charge is 0.268 e. The molecule has 5 aromatic rings. The van der Waals surface area contributed by atoms with Crippen molar-refractivity contribution in [1.82, 2.24) is 8.28 Å². The van der Waals surface area contributed by atoms with Crippen molar-refractivity contribution in [2.24, 2.45) is 5.92 Å². The van der Waals surface area contributed by atoms with Gasteiger partial charge < -0.3 is 4.74 Å². The lowest BCUT2D eigenvalue weighted by atomic mass is 10.1. The summed E-state index contributed by atoms with van der Waals surface area (Å²) in [6.45, 7) is 4.37. The number of hydrogen-bond donors (Lipinski definition) is 0. The fourth-order valence-corrected chi connectivity index (χ4v) is 9.14. The zero-order chi connectivity index (χ0) is 32.5. The second kappa shape index (κ2) is 13.2. The minimum atomic E-state index is -3.86. The van der Waals surface area contributed by atoms with Crippen LogP contribution >= 0.6 is 15.9 Å². The molecule has 0 saturated carbocycles.